The summed E-state index contributed by atoms with van der Waals surface area (Å²) in [4.78, 5) is 14.2. The summed E-state index contributed by atoms with van der Waals surface area (Å²) in [5.41, 5.74) is 3.19. The molecule has 7 nitrogen and oxygen atoms in total. The summed E-state index contributed by atoms with van der Waals surface area (Å²) >= 11 is 23.7. The Bertz CT molecular complexity index is 1580. The molecular formula is C24H14Cl3N5O2S. The third-order valence-corrected chi connectivity index (χ3v) is 6.22. The number of hydrogen-bond acceptors (Lipinski definition) is 5. The van der Waals surface area contributed by atoms with E-state index in [-0.39, 0.29) is 10.9 Å². The number of furan rings is 1. The topological polar surface area (TPSA) is 85.0 Å². The van der Waals surface area contributed by atoms with Crippen LogP contribution in [-0.4, -0.2) is 26.0 Å². The van der Waals surface area contributed by atoms with E-state index in [2.05, 4.69) is 20.8 Å². The monoisotopic (exact) mass is 541 g/mol. The summed E-state index contributed by atoms with van der Waals surface area (Å²) in [5, 5.41) is 15.7. The maximum atomic E-state index is 12.6. The molecule has 2 aromatic heterocycles. The van der Waals surface area contributed by atoms with Crippen LogP contribution < -0.4 is 10.6 Å². The van der Waals surface area contributed by atoms with Gasteiger partial charge in [-0.25, -0.2) is 0 Å². The van der Waals surface area contributed by atoms with Crippen LogP contribution in [0.3, 0.4) is 0 Å². The maximum absolute atomic E-state index is 12.6. The number of amides is 1. The van der Waals surface area contributed by atoms with E-state index in [1.165, 1.54) is 10.9 Å². The van der Waals surface area contributed by atoms with Crippen LogP contribution in [0.1, 0.15) is 10.6 Å². The number of benzene rings is 3. The fourth-order valence-electron chi connectivity index (χ4n) is 3.29. The van der Waals surface area contributed by atoms with Gasteiger partial charge in [0.25, 0.3) is 5.91 Å². The molecule has 0 aliphatic rings. The van der Waals surface area contributed by atoms with Crippen molar-refractivity contribution in [3.05, 3.63) is 93.6 Å². The molecule has 0 unspecified atom stereocenters. The van der Waals surface area contributed by atoms with Crippen molar-refractivity contribution in [1.82, 2.24) is 20.3 Å². The maximum Gasteiger partial charge on any atom is 0.293 e. The number of anilines is 1. The molecule has 2 heterocycles. The second-order valence-corrected chi connectivity index (χ2v) is 8.98. The van der Waals surface area contributed by atoms with E-state index < -0.39 is 5.91 Å². The van der Waals surface area contributed by atoms with Gasteiger partial charge in [-0.15, -0.1) is 10.2 Å². The van der Waals surface area contributed by atoms with Gasteiger partial charge in [-0.1, -0.05) is 53.0 Å². The van der Waals surface area contributed by atoms with Crippen LogP contribution in [-0.2, 0) is 0 Å². The molecule has 5 rings (SSSR count). The molecule has 11 heteroatoms. The molecule has 174 valence electrons. The number of halogens is 3. The minimum absolute atomic E-state index is 0.0409. The average molecular weight is 543 g/mol. The van der Waals surface area contributed by atoms with Crippen LogP contribution in [0.15, 0.2) is 77.2 Å². The summed E-state index contributed by atoms with van der Waals surface area (Å²) < 4.78 is 5.66. The molecule has 1 amide bonds. The van der Waals surface area contributed by atoms with Gasteiger partial charge in [-0.2, -0.15) is 4.80 Å². The molecule has 35 heavy (non-hydrogen) atoms. The molecular weight excluding hydrogens is 529 g/mol. The summed E-state index contributed by atoms with van der Waals surface area (Å²) in [6, 6.07) is 21.1. The second-order valence-electron chi connectivity index (χ2n) is 7.35. The van der Waals surface area contributed by atoms with Gasteiger partial charge in [0.15, 0.2) is 10.9 Å². The minimum atomic E-state index is -0.527. The summed E-state index contributed by atoms with van der Waals surface area (Å²) in [5.74, 6) is 0.00574. The van der Waals surface area contributed by atoms with Gasteiger partial charge in [0.05, 0.1) is 26.4 Å². The Morgan fingerprint density at radius 1 is 0.857 bits per heavy atom. The summed E-state index contributed by atoms with van der Waals surface area (Å²) in [6.45, 7) is 0. The van der Waals surface area contributed by atoms with Crippen molar-refractivity contribution in [2.45, 2.75) is 0 Å². The first-order valence-corrected chi connectivity index (χ1v) is 11.7. The summed E-state index contributed by atoms with van der Waals surface area (Å²) in [7, 11) is 0. The van der Waals surface area contributed by atoms with Crippen LogP contribution in [0.4, 0.5) is 5.69 Å². The number of nitrogens with zero attached hydrogens (tertiary/aromatic N) is 3. The lowest BCUT2D eigenvalue weighted by molar-refractivity contribution is 0.0951. The van der Waals surface area contributed by atoms with Gasteiger partial charge >= 0.3 is 0 Å². The Morgan fingerprint density at radius 3 is 2.34 bits per heavy atom. The zero-order valence-corrected chi connectivity index (χ0v) is 20.7. The number of aromatic nitrogens is 3. The van der Waals surface area contributed by atoms with Crippen LogP contribution in [0.2, 0.25) is 15.1 Å². The largest absolute Gasteiger partial charge is 0.451 e. The van der Waals surface area contributed by atoms with Crippen molar-refractivity contribution in [2.75, 3.05) is 5.32 Å². The fraction of sp³-hybridized carbons (Fsp3) is 0. The van der Waals surface area contributed by atoms with E-state index in [1.54, 1.807) is 36.4 Å². The number of fused-ring (bicyclic) bond motifs is 1. The smallest absolute Gasteiger partial charge is 0.293 e. The third kappa shape index (κ3) is 5.01. The van der Waals surface area contributed by atoms with Gasteiger partial charge < -0.3 is 9.73 Å². The Hall–Kier alpha value is -3.43. The molecule has 2 N–H and O–H groups in total. The van der Waals surface area contributed by atoms with Crippen molar-refractivity contribution in [3.63, 3.8) is 0 Å². The summed E-state index contributed by atoms with van der Waals surface area (Å²) in [6.07, 6.45) is 0. The highest BCUT2D eigenvalue weighted by Crippen LogP contribution is 2.30. The molecule has 0 aliphatic heterocycles. The third-order valence-electron chi connectivity index (χ3n) is 4.97. The highest BCUT2D eigenvalue weighted by atomic mass is 35.5. The van der Waals surface area contributed by atoms with Gasteiger partial charge in [0.1, 0.15) is 16.8 Å². The number of hydrogen-bond donors (Lipinski definition) is 2. The highest BCUT2D eigenvalue weighted by molar-refractivity contribution is 7.80. The molecule has 0 bridgehead atoms. The van der Waals surface area contributed by atoms with E-state index in [4.69, 9.17) is 51.4 Å². The van der Waals surface area contributed by atoms with E-state index in [0.29, 0.717) is 43.1 Å². The lowest BCUT2D eigenvalue weighted by atomic mass is 10.2. The van der Waals surface area contributed by atoms with Crippen LogP contribution in [0.25, 0.3) is 28.0 Å². The van der Waals surface area contributed by atoms with Crippen molar-refractivity contribution in [1.29, 1.82) is 0 Å². The predicted molar refractivity (Wildman–Crippen MR) is 142 cm³/mol. The van der Waals surface area contributed by atoms with Crippen LogP contribution in [0.5, 0.6) is 0 Å². The lowest BCUT2D eigenvalue weighted by Gasteiger charge is -2.10. The molecule has 5 aromatic rings. The lowest BCUT2D eigenvalue weighted by Crippen LogP contribution is -2.33. The van der Waals surface area contributed by atoms with Crippen molar-refractivity contribution < 1.29 is 9.21 Å². The highest BCUT2D eigenvalue weighted by Gasteiger charge is 2.16. The van der Waals surface area contributed by atoms with E-state index in [1.807, 2.05) is 30.3 Å². The Morgan fingerprint density at radius 2 is 1.60 bits per heavy atom. The van der Waals surface area contributed by atoms with Crippen molar-refractivity contribution in [2.24, 2.45) is 0 Å². The zero-order chi connectivity index (χ0) is 24.5. The van der Waals surface area contributed by atoms with Gasteiger partial charge in [0, 0.05) is 5.56 Å². The SMILES string of the molecule is O=C(NC(=S)Nc1cc2nn(-c3ccccc3)nc2cc1Cl)c1ccc(-c2ccc(Cl)c(Cl)c2)o1. The Balaban J connectivity index is 1.29. The number of rotatable bonds is 4. The molecule has 0 aliphatic carbocycles. The first kappa shape index (κ1) is 23.3. The molecule has 0 spiro atoms. The van der Waals surface area contributed by atoms with Crippen molar-refractivity contribution in [3.8, 4) is 17.0 Å². The molecule has 0 saturated carbocycles. The number of para-hydroxylation sites is 1. The molecule has 0 saturated heterocycles. The molecule has 0 atom stereocenters. The van der Waals surface area contributed by atoms with Gasteiger partial charge in [0.2, 0.25) is 0 Å². The number of thiocarbonyl (C=S) groups is 1. The van der Waals surface area contributed by atoms with E-state index in [0.717, 1.165) is 5.69 Å². The van der Waals surface area contributed by atoms with E-state index in [9.17, 15) is 4.79 Å². The predicted octanol–water partition coefficient (Wildman–Crippen LogP) is 6.77. The quantitative estimate of drug-likeness (QED) is 0.244. The van der Waals surface area contributed by atoms with Gasteiger partial charge in [-0.3, -0.25) is 10.1 Å². The minimum Gasteiger partial charge on any atom is -0.451 e. The molecule has 3 aromatic carbocycles. The first-order valence-electron chi connectivity index (χ1n) is 10.2. The number of carbonyl (C=O) groups is 1. The molecule has 0 fully saturated rings. The molecule has 0 radical (unpaired) electrons. The van der Waals surface area contributed by atoms with E-state index >= 15 is 0 Å². The number of carbonyl (C=O) groups excluding carboxylic acids is 1. The first-order chi connectivity index (χ1) is 16.9. The van der Waals surface area contributed by atoms with Crippen molar-refractivity contribution >= 4 is 74.8 Å². The van der Waals surface area contributed by atoms with Crippen LogP contribution in [0, 0.1) is 0 Å². The second kappa shape index (κ2) is 9.67. The normalized spacial score (nSPS) is 10.9. The standard InChI is InChI=1S/C24H14Cl3N5O2S/c25-15-7-6-13(10-16(15)26)21-8-9-22(34-21)23(33)29-24(35)28-18-12-20-19(11-17(18)27)30-32(31-20)14-4-2-1-3-5-14/h1-12H,(H2,28,29,33,35). The number of nitrogens with one attached hydrogen (secondary N) is 2. The average Bonchev–Trinajstić information content (AvgIpc) is 3.49. The Kier molecular flexibility index (Phi) is 6.44. The Labute approximate surface area is 219 Å². The van der Waals surface area contributed by atoms with Crippen LogP contribution >= 0.6 is 47.0 Å². The zero-order valence-electron chi connectivity index (χ0n) is 17.6. The fourth-order valence-corrected chi connectivity index (χ4v) is 4.00. The van der Waals surface area contributed by atoms with Gasteiger partial charge in [-0.05, 0) is 66.8 Å².